The van der Waals surface area contributed by atoms with Gasteiger partial charge in [0.1, 0.15) is 0 Å². The van der Waals surface area contributed by atoms with Gasteiger partial charge in [0, 0.05) is 17.1 Å². The molecule has 0 aromatic heterocycles. The quantitative estimate of drug-likeness (QED) is 0.761. The van der Waals surface area contributed by atoms with Gasteiger partial charge in [0.05, 0.1) is 0 Å². The summed E-state index contributed by atoms with van der Waals surface area (Å²) in [7, 11) is 0. The lowest BCUT2D eigenvalue weighted by Crippen LogP contribution is -1.96. The van der Waals surface area contributed by atoms with E-state index in [0.29, 0.717) is 0 Å². The zero-order valence-corrected chi connectivity index (χ0v) is 10.5. The number of nitrogen functional groups attached to an aromatic ring is 1. The van der Waals surface area contributed by atoms with E-state index in [1.807, 2.05) is 18.2 Å². The maximum atomic E-state index is 5.74. The first-order valence-electron chi connectivity index (χ1n) is 5.76. The minimum atomic E-state index is 0.800. The number of nitrogens with two attached hydrogens (primary N) is 1. The molecule has 0 aliphatic carbocycles. The van der Waals surface area contributed by atoms with Crippen molar-refractivity contribution in [1.82, 2.24) is 0 Å². The molecular formula is C15H18N2. The van der Waals surface area contributed by atoms with Crippen LogP contribution >= 0.6 is 0 Å². The van der Waals surface area contributed by atoms with E-state index in [-0.39, 0.29) is 0 Å². The molecule has 0 saturated carbocycles. The van der Waals surface area contributed by atoms with Gasteiger partial charge in [0.25, 0.3) is 0 Å². The highest BCUT2D eigenvalue weighted by Crippen LogP contribution is 2.25. The van der Waals surface area contributed by atoms with Gasteiger partial charge >= 0.3 is 0 Å². The number of anilines is 3. The number of rotatable bonds is 2. The third kappa shape index (κ3) is 2.59. The van der Waals surface area contributed by atoms with Crippen LogP contribution in [0.5, 0.6) is 0 Å². The third-order valence-electron chi connectivity index (χ3n) is 2.90. The number of hydrogen-bond donors (Lipinski definition) is 2. The summed E-state index contributed by atoms with van der Waals surface area (Å²) >= 11 is 0. The lowest BCUT2D eigenvalue weighted by atomic mass is 10.1. The first kappa shape index (κ1) is 11.5. The van der Waals surface area contributed by atoms with E-state index in [4.69, 9.17) is 5.73 Å². The average molecular weight is 226 g/mol. The standard InChI is InChI=1S/C15H18N2/c1-10-4-6-14(11(2)8-10)17-15-7-5-13(16)9-12(15)3/h4-9,17H,16H2,1-3H3. The second-order valence-electron chi connectivity index (χ2n) is 4.52. The summed E-state index contributed by atoms with van der Waals surface area (Å²) < 4.78 is 0. The Morgan fingerprint density at radius 3 is 2.00 bits per heavy atom. The highest BCUT2D eigenvalue weighted by Gasteiger charge is 2.02. The monoisotopic (exact) mass is 226 g/mol. The van der Waals surface area contributed by atoms with E-state index in [0.717, 1.165) is 22.6 Å². The molecule has 0 radical (unpaired) electrons. The van der Waals surface area contributed by atoms with Crippen molar-refractivity contribution in [2.24, 2.45) is 0 Å². The Morgan fingerprint density at radius 1 is 0.824 bits per heavy atom. The fourth-order valence-electron chi connectivity index (χ4n) is 1.93. The second kappa shape index (κ2) is 4.50. The van der Waals surface area contributed by atoms with Crippen molar-refractivity contribution < 1.29 is 0 Å². The third-order valence-corrected chi connectivity index (χ3v) is 2.90. The first-order chi connectivity index (χ1) is 8.06. The van der Waals surface area contributed by atoms with Crippen LogP contribution in [-0.2, 0) is 0 Å². The smallest absolute Gasteiger partial charge is 0.0415 e. The Labute approximate surface area is 102 Å². The minimum absolute atomic E-state index is 0.800. The normalized spacial score (nSPS) is 10.3. The van der Waals surface area contributed by atoms with E-state index in [9.17, 15) is 0 Å². The van der Waals surface area contributed by atoms with Crippen LogP contribution in [0, 0.1) is 20.8 Å². The summed E-state index contributed by atoms with van der Waals surface area (Å²) in [4.78, 5) is 0. The van der Waals surface area contributed by atoms with Crippen molar-refractivity contribution in [3.05, 3.63) is 53.1 Å². The minimum Gasteiger partial charge on any atom is -0.399 e. The molecule has 0 heterocycles. The molecule has 0 spiro atoms. The zero-order valence-electron chi connectivity index (χ0n) is 10.5. The summed E-state index contributed by atoms with van der Waals surface area (Å²) in [5.74, 6) is 0. The molecule has 2 heteroatoms. The van der Waals surface area contributed by atoms with Gasteiger partial charge in [0.15, 0.2) is 0 Å². The maximum Gasteiger partial charge on any atom is 0.0415 e. The number of nitrogens with one attached hydrogen (secondary N) is 1. The molecule has 0 aliphatic rings. The van der Waals surface area contributed by atoms with E-state index in [2.05, 4.69) is 44.3 Å². The van der Waals surface area contributed by atoms with Crippen molar-refractivity contribution in [3.8, 4) is 0 Å². The number of aryl methyl sites for hydroxylation is 3. The van der Waals surface area contributed by atoms with Crippen molar-refractivity contribution in [2.75, 3.05) is 11.1 Å². The predicted molar refractivity (Wildman–Crippen MR) is 74.8 cm³/mol. The largest absolute Gasteiger partial charge is 0.399 e. The lowest BCUT2D eigenvalue weighted by Gasteiger charge is -2.13. The Morgan fingerprint density at radius 2 is 1.41 bits per heavy atom. The predicted octanol–water partition coefficient (Wildman–Crippen LogP) is 3.94. The molecule has 3 N–H and O–H groups in total. The SMILES string of the molecule is Cc1ccc(Nc2ccc(N)cc2C)c(C)c1. The molecule has 0 aliphatic heterocycles. The van der Waals surface area contributed by atoms with Gasteiger partial charge in [-0.05, 0) is 56.2 Å². The van der Waals surface area contributed by atoms with Gasteiger partial charge in [-0.1, -0.05) is 17.7 Å². The molecule has 88 valence electrons. The van der Waals surface area contributed by atoms with Crippen LogP contribution in [0.4, 0.5) is 17.1 Å². The maximum absolute atomic E-state index is 5.74. The summed E-state index contributed by atoms with van der Waals surface area (Å²) in [6.45, 7) is 6.27. The topological polar surface area (TPSA) is 38.0 Å². The molecule has 2 rings (SSSR count). The fourth-order valence-corrected chi connectivity index (χ4v) is 1.93. The molecule has 0 fully saturated rings. The molecule has 2 aromatic rings. The summed E-state index contributed by atoms with van der Waals surface area (Å²) in [5.41, 5.74) is 12.5. The molecule has 2 aromatic carbocycles. The highest BCUT2D eigenvalue weighted by molar-refractivity contribution is 5.68. The van der Waals surface area contributed by atoms with E-state index < -0.39 is 0 Å². The zero-order chi connectivity index (χ0) is 12.4. The first-order valence-corrected chi connectivity index (χ1v) is 5.76. The number of benzene rings is 2. The van der Waals surface area contributed by atoms with Gasteiger partial charge < -0.3 is 11.1 Å². The van der Waals surface area contributed by atoms with E-state index >= 15 is 0 Å². The Bertz CT molecular complexity index is 495. The van der Waals surface area contributed by atoms with Gasteiger partial charge in [-0.2, -0.15) is 0 Å². The van der Waals surface area contributed by atoms with Crippen LogP contribution in [0.1, 0.15) is 16.7 Å². The van der Waals surface area contributed by atoms with E-state index in [1.54, 1.807) is 0 Å². The molecule has 0 amide bonds. The highest BCUT2D eigenvalue weighted by atomic mass is 14.9. The van der Waals surface area contributed by atoms with Crippen LogP contribution in [0.25, 0.3) is 0 Å². The Balaban J connectivity index is 2.31. The van der Waals surface area contributed by atoms with Crippen LogP contribution in [0.2, 0.25) is 0 Å². The Kier molecular flexibility index (Phi) is 3.05. The summed E-state index contributed by atoms with van der Waals surface area (Å²) in [5, 5.41) is 3.44. The van der Waals surface area contributed by atoms with Crippen molar-refractivity contribution in [2.45, 2.75) is 20.8 Å². The molecule has 17 heavy (non-hydrogen) atoms. The average Bonchev–Trinajstić information content (AvgIpc) is 2.25. The summed E-state index contributed by atoms with van der Waals surface area (Å²) in [6.07, 6.45) is 0. The van der Waals surface area contributed by atoms with Crippen molar-refractivity contribution >= 4 is 17.1 Å². The molecule has 2 nitrogen and oxygen atoms in total. The lowest BCUT2D eigenvalue weighted by molar-refractivity contribution is 1.35. The van der Waals surface area contributed by atoms with E-state index in [1.165, 1.54) is 11.1 Å². The van der Waals surface area contributed by atoms with Crippen LogP contribution in [0.3, 0.4) is 0 Å². The van der Waals surface area contributed by atoms with Crippen LogP contribution in [0.15, 0.2) is 36.4 Å². The molecular weight excluding hydrogens is 208 g/mol. The van der Waals surface area contributed by atoms with Crippen LogP contribution < -0.4 is 11.1 Å². The Hall–Kier alpha value is -1.96. The fraction of sp³-hybridized carbons (Fsp3) is 0.200. The molecule has 0 unspecified atom stereocenters. The van der Waals surface area contributed by atoms with Gasteiger partial charge in [-0.15, -0.1) is 0 Å². The van der Waals surface area contributed by atoms with Gasteiger partial charge in [0.2, 0.25) is 0 Å². The summed E-state index contributed by atoms with van der Waals surface area (Å²) in [6, 6.07) is 12.3. The molecule has 0 atom stereocenters. The second-order valence-corrected chi connectivity index (χ2v) is 4.52. The van der Waals surface area contributed by atoms with Gasteiger partial charge in [-0.3, -0.25) is 0 Å². The van der Waals surface area contributed by atoms with Crippen LogP contribution in [-0.4, -0.2) is 0 Å². The van der Waals surface area contributed by atoms with Gasteiger partial charge in [-0.25, -0.2) is 0 Å². The molecule has 0 saturated heterocycles. The number of hydrogen-bond acceptors (Lipinski definition) is 2. The van der Waals surface area contributed by atoms with Crippen molar-refractivity contribution in [1.29, 1.82) is 0 Å². The van der Waals surface area contributed by atoms with Crippen molar-refractivity contribution in [3.63, 3.8) is 0 Å². The molecule has 0 bridgehead atoms.